The lowest BCUT2D eigenvalue weighted by molar-refractivity contribution is 0.0191. The zero-order chi connectivity index (χ0) is 31.3. The minimum absolute atomic E-state index is 0.0353. The van der Waals surface area contributed by atoms with E-state index in [9.17, 15) is 32.3 Å². The number of amides is 2. The van der Waals surface area contributed by atoms with Gasteiger partial charge in [-0.05, 0) is 69.6 Å². The quantitative estimate of drug-likeness (QED) is 0.280. The zero-order valence-electron chi connectivity index (χ0n) is 24.4. The van der Waals surface area contributed by atoms with Crippen LogP contribution in [0, 0.1) is 18.2 Å². The molecule has 4 N–H and O–H groups in total. The van der Waals surface area contributed by atoms with Crippen LogP contribution in [-0.2, 0) is 21.4 Å². The van der Waals surface area contributed by atoms with Crippen LogP contribution in [0.2, 0.25) is 0 Å². The van der Waals surface area contributed by atoms with Crippen molar-refractivity contribution in [1.29, 1.82) is 0 Å². The molecule has 0 aliphatic carbocycles. The molecule has 2 amide bonds. The molecule has 2 aromatic rings. The van der Waals surface area contributed by atoms with Gasteiger partial charge in [-0.1, -0.05) is 26.0 Å². The summed E-state index contributed by atoms with van der Waals surface area (Å²) in [5, 5.41) is 12.9. The van der Waals surface area contributed by atoms with Crippen molar-refractivity contribution < 1.29 is 36.8 Å². The smallest absolute Gasteiger partial charge is 0.410 e. The fraction of sp³-hybridized carbons (Fsp3) is 0.556. The minimum Gasteiger partial charge on any atom is -0.501 e. The molecule has 1 aromatic carbocycles. The summed E-state index contributed by atoms with van der Waals surface area (Å²) in [6, 6.07) is 3.33. The second-order valence-corrected chi connectivity index (χ2v) is 13.3. The van der Waals surface area contributed by atoms with Crippen LogP contribution in [0.3, 0.4) is 0 Å². The number of carbonyl (C=O) groups is 2. The molecule has 228 valence electrons. The normalized spacial score (nSPS) is 13.0. The first-order chi connectivity index (χ1) is 18.7. The Kier molecular flexibility index (Phi) is 10.7. The molecule has 41 heavy (non-hydrogen) atoms. The van der Waals surface area contributed by atoms with E-state index in [1.54, 1.807) is 47.6 Å². The lowest BCUT2D eigenvalue weighted by atomic mass is 9.83. The largest absolute Gasteiger partial charge is 0.501 e. The number of aromatic hydroxyl groups is 1. The Morgan fingerprint density at radius 3 is 2.39 bits per heavy atom. The summed E-state index contributed by atoms with van der Waals surface area (Å²) in [4.78, 5) is 46.4. The number of nitrogens with zero attached hydrogens (tertiary/aromatic N) is 2. The Hall–Kier alpha value is -3.52. The number of hydrogen-bond donors (Lipinski definition) is 4. The van der Waals surface area contributed by atoms with Gasteiger partial charge in [-0.15, -0.1) is 0 Å². The van der Waals surface area contributed by atoms with E-state index in [1.165, 1.54) is 24.1 Å². The fourth-order valence-electron chi connectivity index (χ4n) is 3.92. The average molecular weight is 599 g/mol. The third-order valence-corrected chi connectivity index (χ3v) is 7.12. The van der Waals surface area contributed by atoms with E-state index in [2.05, 4.69) is 15.3 Å². The summed E-state index contributed by atoms with van der Waals surface area (Å²) in [5.74, 6) is -2.76. The van der Waals surface area contributed by atoms with Gasteiger partial charge in [-0.25, -0.2) is 14.2 Å². The predicted molar refractivity (Wildman–Crippen MR) is 150 cm³/mol. The first-order valence-electron chi connectivity index (χ1n) is 13.0. The van der Waals surface area contributed by atoms with Crippen LogP contribution in [0.5, 0.6) is 5.75 Å². The fourth-order valence-corrected chi connectivity index (χ4v) is 4.73. The summed E-state index contributed by atoms with van der Waals surface area (Å²) in [6.07, 6.45) is -0.162. The number of carbonyl (C=O) groups excluding carboxylic acids is 2. The predicted octanol–water partition coefficient (Wildman–Crippen LogP) is 3.85. The van der Waals surface area contributed by atoms with Gasteiger partial charge in [-0.2, -0.15) is 8.42 Å². The van der Waals surface area contributed by atoms with Crippen LogP contribution in [-0.4, -0.2) is 63.3 Å². The number of nitrogens with one attached hydrogen (secondary N) is 2. The number of hydrogen-bond acceptors (Lipinski definition) is 8. The van der Waals surface area contributed by atoms with E-state index in [4.69, 9.17) is 9.29 Å². The zero-order valence-corrected chi connectivity index (χ0v) is 25.2. The van der Waals surface area contributed by atoms with Crippen molar-refractivity contribution in [2.45, 2.75) is 79.0 Å². The molecular weight excluding hydrogens is 559 g/mol. The first kappa shape index (κ1) is 33.7. The lowest BCUT2D eigenvalue weighted by Gasteiger charge is -2.32. The topological polar surface area (TPSA) is 179 Å². The molecule has 14 heteroatoms. The Morgan fingerprint density at radius 1 is 1.20 bits per heavy atom. The van der Waals surface area contributed by atoms with E-state index in [0.717, 1.165) is 0 Å². The highest BCUT2D eigenvalue weighted by molar-refractivity contribution is 7.85. The van der Waals surface area contributed by atoms with E-state index >= 15 is 0 Å². The van der Waals surface area contributed by atoms with Crippen LogP contribution in [0.4, 0.5) is 9.18 Å². The maximum Gasteiger partial charge on any atom is 0.410 e. The molecule has 1 unspecified atom stereocenters. The van der Waals surface area contributed by atoms with Crippen molar-refractivity contribution in [2.75, 3.05) is 12.8 Å². The van der Waals surface area contributed by atoms with Gasteiger partial charge < -0.3 is 25.0 Å². The second kappa shape index (κ2) is 13.0. The number of aromatic nitrogens is 2. The van der Waals surface area contributed by atoms with Crippen LogP contribution in [0.1, 0.15) is 87.4 Å². The Bertz CT molecular complexity index is 1430. The highest BCUT2D eigenvalue weighted by Gasteiger charge is 2.32. The van der Waals surface area contributed by atoms with Crippen molar-refractivity contribution in [3.05, 3.63) is 57.0 Å². The molecule has 0 spiro atoms. The minimum atomic E-state index is -4.19. The van der Waals surface area contributed by atoms with Gasteiger partial charge in [0.15, 0.2) is 5.69 Å². The average Bonchev–Trinajstić information content (AvgIpc) is 2.83. The van der Waals surface area contributed by atoms with E-state index in [1.807, 2.05) is 0 Å². The van der Waals surface area contributed by atoms with Crippen LogP contribution in [0.25, 0.3) is 0 Å². The summed E-state index contributed by atoms with van der Waals surface area (Å²) in [7, 11) is -2.77. The van der Waals surface area contributed by atoms with Gasteiger partial charge in [0.1, 0.15) is 17.2 Å². The van der Waals surface area contributed by atoms with Crippen molar-refractivity contribution in [2.24, 2.45) is 5.41 Å². The highest BCUT2D eigenvalue weighted by atomic mass is 32.2. The lowest BCUT2D eigenvalue weighted by Crippen LogP contribution is -2.39. The summed E-state index contributed by atoms with van der Waals surface area (Å²) in [5.41, 5.74) is -2.08. The molecular formula is C27H39FN4O8S. The monoisotopic (exact) mass is 598 g/mol. The molecule has 1 aromatic heterocycles. The van der Waals surface area contributed by atoms with Crippen molar-refractivity contribution in [1.82, 2.24) is 20.2 Å². The number of H-pyrrole nitrogens is 1. The van der Waals surface area contributed by atoms with Gasteiger partial charge in [0.25, 0.3) is 21.6 Å². The molecule has 0 fully saturated rings. The van der Waals surface area contributed by atoms with Crippen molar-refractivity contribution >= 4 is 22.1 Å². The standard InChI is InChI=1S/C27H39FN4O8S/c1-16-14-17(8-9-18(16)28)15-29-23(34)20-21(33)24(35)31-22(30-20)19(32(7)25(36)40-26(2,3)4)10-11-27(5,6)12-13-41(37,38)39/h8-9,14,19,33H,10-13,15H2,1-7H3,(H,29,34)(H,30,31,35)(H,37,38,39). The van der Waals surface area contributed by atoms with Gasteiger partial charge in [0, 0.05) is 13.6 Å². The third kappa shape index (κ3) is 10.4. The molecule has 0 aliphatic rings. The molecule has 0 saturated carbocycles. The van der Waals surface area contributed by atoms with E-state index < -0.39 is 67.7 Å². The molecule has 1 heterocycles. The molecule has 12 nitrogen and oxygen atoms in total. The molecule has 2 rings (SSSR count). The van der Waals surface area contributed by atoms with Gasteiger partial charge >= 0.3 is 6.09 Å². The second-order valence-electron chi connectivity index (χ2n) is 11.8. The van der Waals surface area contributed by atoms with Crippen LogP contribution >= 0.6 is 0 Å². The number of halogens is 1. The summed E-state index contributed by atoms with van der Waals surface area (Å²) in [6.45, 7) is 10.1. The summed E-state index contributed by atoms with van der Waals surface area (Å²) < 4.78 is 50.7. The maximum absolute atomic E-state index is 13.6. The Labute approximate surface area is 239 Å². The number of aromatic amines is 1. The molecule has 1 atom stereocenters. The van der Waals surface area contributed by atoms with Gasteiger partial charge in [0.05, 0.1) is 11.8 Å². The van der Waals surface area contributed by atoms with Crippen molar-refractivity contribution in [3.8, 4) is 5.75 Å². The molecule has 0 aliphatic heterocycles. The van der Waals surface area contributed by atoms with Gasteiger partial charge in [0.2, 0.25) is 5.75 Å². The number of ether oxygens (including phenoxy) is 1. The summed E-state index contributed by atoms with van der Waals surface area (Å²) >= 11 is 0. The molecule has 0 saturated heterocycles. The highest BCUT2D eigenvalue weighted by Crippen LogP contribution is 2.33. The van der Waals surface area contributed by atoms with Gasteiger partial charge in [-0.3, -0.25) is 14.1 Å². The first-order valence-corrected chi connectivity index (χ1v) is 14.6. The van der Waals surface area contributed by atoms with Crippen LogP contribution in [0.15, 0.2) is 23.0 Å². The Morgan fingerprint density at radius 2 is 1.83 bits per heavy atom. The van der Waals surface area contributed by atoms with Crippen LogP contribution < -0.4 is 10.9 Å². The van der Waals surface area contributed by atoms with E-state index in [-0.39, 0.29) is 25.2 Å². The number of rotatable bonds is 11. The number of benzene rings is 1. The SMILES string of the molecule is Cc1cc(CNC(=O)c2nc(C(CCC(C)(C)CCS(=O)(=O)O)N(C)C(=O)OC(C)(C)C)[nH]c(=O)c2O)ccc1F. The maximum atomic E-state index is 13.6. The third-order valence-electron chi connectivity index (χ3n) is 6.40. The molecule has 0 bridgehead atoms. The van der Waals surface area contributed by atoms with Crippen molar-refractivity contribution in [3.63, 3.8) is 0 Å². The van der Waals surface area contributed by atoms with E-state index in [0.29, 0.717) is 17.5 Å². The number of aryl methyl sites for hydroxylation is 1. The molecule has 0 radical (unpaired) electrons. The Balaban J connectivity index is 2.41.